The van der Waals surface area contributed by atoms with Crippen molar-refractivity contribution in [1.82, 2.24) is 15.0 Å². The summed E-state index contributed by atoms with van der Waals surface area (Å²) < 4.78 is 35.7. The minimum Gasteiger partial charge on any atom is -0.444 e. The van der Waals surface area contributed by atoms with Gasteiger partial charge in [0.2, 0.25) is 0 Å². The molecule has 3 amide bonds. The first-order chi connectivity index (χ1) is 22.1. The number of nitrogens with zero attached hydrogens (tertiary/aromatic N) is 6. The zero-order valence-electron chi connectivity index (χ0n) is 27.3. The van der Waals surface area contributed by atoms with Gasteiger partial charge >= 0.3 is 18.3 Å². The maximum absolute atomic E-state index is 14.8. The summed E-state index contributed by atoms with van der Waals surface area (Å²) in [5.41, 5.74) is 0.160. The van der Waals surface area contributed by atoms with Crippen LogP contribution >= 0.6 is 0 Å². The van der Waals surface area contributed by atoms with E-state index >= 15 is 0 Å². The highest BCUT2D eigenvalue weighted by molar-refractivity contribution is 5.91. The SMILES string of the molecule is CC(C)(C)OC(=O)N(CC1CN(c2ccc(-c3cccnc3)c(F)c2)C(=O)O1)c1ccon1.CC(C)(C)OC(=O)N1CCC(C#N)C1. The number of amides is 3. The van der Waals surface area contributed by atoms with Gasteiger partial charge in [-0.3, -0.25) is 14.8 Å². The number of carbonyl (C=O) groups is 3. The van der Waals surface area contributed by atoms with Crippen molar-refractivity contribution in [2.75, 3.05) is 36.0 Å². The number of likely N-dealkylation sites (tertiary alicyclic amines) is 1. The van der Waals surface area contributed by atoms with Crippen LogP contribution in [0.2, 0.25) is 0 Å². The molecule has 2 saturated heterocycles. The number of cyclic esters (lactones) is 1. The van der Waals surface area contributed by atoms with E-state index in [1.54, 1.807) is 62.3 Å². The van der Waals surface area contributed by atoms with E-state index in [1.807, 2.05) is 20.8 Å². The Morgan fingerprint density at radius 1 is 1.11 bits per heavy atom. The van der Waals surface area contributed by atoms with Crippen molar-refractivity contribution in [3.8, 4) is 17.2 Å². The van der Waals surface area contributed by atoms with Crippen LogP contribution in [0.15, 0.2) is 59.6 Å². The summed E-state index contributed by atoms with van der Waals surface area (Å²) in [5.74, 6) is -0.289. The van der Waals surface area contributed by atoms with E-state index in [1.165, 1.54) is 28.2 Å². The Morgan fingerprint density at radius 2 is 1.85 bits per heavy atom. The smallest absolute Gasteiger partial charge is 0.416 e. The molecule has 1 aromatic carbocycles. The number of aromatic nitrogens is 2. The zero-order valence-corrected chi connectivity index (χ0v) is 27.3. The van der Waals surface area contributed by atoms with Gasteiger partial charge in [0.05, 0.1) is 30.8 Å². The first kappa shape index (κ1) is 34.7. The third kappa shape index (κ3) is 9.65. The highest BCUT2D eigenvalue weighted by Crippen LogP contribution is 2.29. The lowest BCUT2D eigenvalue weighted by molar-refractivity contribution is 0.0291. The zero-order chi connectivity index (χ0) is 34.4. The van der Waals surface area contributed by atoms with Crippen molar-refractivity contribution >= 4 is 29.8 Å². The number of hydrogen-bond donors (Lipinski definition) is 0. The van der Waals surface area contributed by atoms with Gasteiger partial charge in [0.15, 0.2) is 5.82 Å². The minimum absolute atomic E-state index is 0.0140. The summed E-state index contributed by atoms with van der Waals surface area (Å²) in [6.07, 6.45) is 2.96. The van der Waals surface area contributed by atoms with E-state index in [4.69, 9.17) is 24.0 Å². The average molecular weight is 651 g/mol. The number of ether oxygens (including phenoxy) is 3. The van der Waals surface area contributed by atoms with Crippen molar-refractivity contribution < 1.29 is 37.5 Å². The Bertz CT molecular complexity index is 1580. The first-order valence-corrected chi connectivity index (χ1v) is 15.1. The quantitative estimate of drug-likeness (QED) is 0.283. The summed E-state index contributed by atoms with van der Waals surface area (Å²) >= 11 is 0. The number of anilines is 2. The lowest BCUT2D eigenvalue weighted by Gasteiger charge is -2.26. The van der Waals surface area contributed by atoms with Crippen LogP contribution in [0.4, 0.5) is 30.3 Å². The fourth-order valence-corrected chi connectivity index (χ4v) is 4.74. The van der Waals surface area contributed by atoms with Crippen LogP contribution in [0.3, 0.4) is 0 Å². The third-order valence-electron chi connectivity index (χ3n) is 6.83. The van der Waals surface area contributed by atoms with Crippen molar-refractivity contribution in [1.29, 1.82) is 5.26 Å². The van der Waals surface area contributed by atoms with Crippen LogP contribution in [-0.2, 0) is 14.2 Å². The molecule has 0 saturated carbocycles. The van der Waals surface area contributed by atoms with Crippen molar-refractivity contribution in [2.24, 2.45) is 5.92 Å². The van der Waals surface area contributed by atoms with Crippen LogP contribution in [0.5, 0.6) is 0 Å². The number of carbonyl (C=O) groups excluding carboxylic acids is 3. The molecule has 2 unspecified atom stereocenters. The maximum atomic E-state index is 14.8. The van der Waals surface area contributed by atoms with Crippen LogP contribution in [-0.4, -0.2) is 76.8 Å². The van der Waals surface area contributed by atoms with E-state index in [0.29, 0.717) is 29.9 Å². The molecule has 2 aliphatic rings. The number of rotatable bonds is 5. The van der Waals surface area contributed by atoms with Crippen LogP contribution in [0.25, 0.3) is 11.1 Å². The van der Waals surface area contributed by atoms with E-state index in [0.717, 1.165) is 6.42 Å². The fourth-order valence-electron chi connectivity index (χ4n) is 4.74. The van der Waals surface area contributed by atoms with Crippen LogP contribution in [0, 0.1) is 23.1 Å². The predicted molar refractivity (Wildman–Crippen MR) is 169 cm³/mol. The predicted octanol–water partition coefficient (Wildman–Crippen LogP) is 6.41. The molecule has 14 heteroatoms. The molecule has 3 aromatic rings. The molecular weight excluding hydrogens is 611 g/mol. The third-order valence-corrected chi connectivity index (χ3v) is 6.83. The molecule has 2 fully saturated rings. The summed E-state index contributed by atoms with van der Waals surface area (Å²) in [7, 11) is 0. The van der Waals surface area contributed by atoms with Crippen molar-refractivity contribution in [3.05, 3.63) is 60.9 Å². The molecule has 0 radical (unpaired) electrons. The summed E-state index contributed by atoms with van der Waals surface area (Å²) in [6.45, 7) is 12.0. The van der Waals surface area contributed by atoms with E-state index < -0.39 is 35.3 Å². The van der Waals surface area contributed by atoms with Gasteiger partial charge in [-0.1, -0.05) is 11.2 Å². The molecule has 250 valence electrons. The standard InChI is InChI=1S/C23H23FN4O5.C10H16N2O2/c1-23(2,3)33-22(30)28(20-8-10-31-26-20)14-17-13-27(21(29)32-17)16-6-7-18(19(24)11-16)15-5-4-9-25-12-15;1-10(2,3)14-9(13)12-5-4-8(6-11)7-12/h4-12,17H,13-14H2,1-3H3;8H,4-5,7H2,1-3H3. The largest absolute Gasteiger partial charge is 0.444 e. The molecule has 0 spiro atoms. The van der Waals surface area contributed by atoms with Gasteiger partial charge in [-0.2, -0.15) is 5.26 Å². The highest BCUT2D eigenvalue weighted by atomic mass is 19.1. The number of hydrogen-bond acceptors (Lipinski definition) is 10. The number of pyridine rings is 1. The summed E-state index contributed by atoms with van der Waals surface area (Å²) in [4.78, 5) is 44.9. The van der Waals surface area contributed by atoms with Crippen LogP contribution < -0.4 is 9.80 Å². The second kappa shape index (κ2) is 14.5. The molecule has 2 aromatic heterocycles. The molecule has 0 N–H and O–H groups in total. The van der Waals surface area contributed by atoms with Gasteiger partial charge in [0, 0.05) is 42.7 Å². The number of halogens is 1. The molecule has 2 aliphatic heterocycles. The molecular formula is C33H39FN6O7. The van der Waals surface area contributed by atoms with Gasteiger partial charge in [-0.15, -0.1) is 0 Å². The molecule has 13 nitrogen and oxygen atoms in total. The topological polar surface area (TPSA) is 151 Å². The van der Waals surface area contributed by atoms with Crippen molar-refractivity contribution in [2.45, 2.75) is 65.3 Å². The average Bonchev–Trinajstić information content (AvgIpc) is 3.76. The fraction of sp³-hybridized carbons (Fsp3) is 0.455. The Labute approximate surface area is 272 Å². The van der Waals surface area contributed by atoms with Gasteiger partial charge < -0.3 is 23.6 Å². The molecule has 2 atom stereocenters. The second-order valence-corrected chi connectivity index (χ2v) is 13.0. The number of nitriles is 1. The van der Waals surface area contributed by atoms with E-state index in [9.17, 15) is 18.8 Å². The van der Waals surface area contributed by atoms with Gasteiger partial charge in [0.1, 0.15) is 29.4 Å². The van der Waals surface area contributed by atoms with Gasteiger partial charge in [-0.25, -0.2) is 18.8 Å². The van der Waals surface area contributed by atoms with Crippen LogP contribution in [0.1, 0.15) is 48.0 Å². The first-order valence-electron chi connectivity index (χ1n) is 15.1. The molecule has 47 heavy (non-hydrogen) atoms. The summed E-state index contributed by atoms with van der Waals surface area (Å²) in [6, 6.07) is 11.6. The van der Waals surface area contributed by atoms with Gasteiger partial charge in [0.25, 0.3) is 0 Å². The minimum atomic E-state index is -0.731. The van der Waals surface area contributed by atoms with E-state index in [-0.39, 0.29) is 30.9 Å². The molecule has 4 heterocycles. The molecule has 0 bridgehead atoms. The lowest BCUT2D eigenvalue weighted by atomic mass is 10.1. The van der Waals surface area contributed by atoms with Gasteiger partial charge in [-0.05, 0) is 72.2 Å². The van der Waals surface area contributed by atoms with Crippen molar-refractivity contribution in [3.63, 3.8) is 0 Å². The second-order valence-electron chi connectivity index (χ2n) is 13.0. The lowest BCUT2D eigenvalue weighted by Crippen LogP contribution is -2.42. The Balaban J connectivity index is 0.000000300. The highest BCUT2D eigenvalue weighted by Gasteiger charge is 2.37. The number of benzene rings is 1. The molecule has 0 aliphatic carbocycles. The normalized spacial score (nSPS) is 17.7. The Hall–Kier alpha value is -5.19. The Morgan fingerprint density at radius 3 is 2.43 bits per heavy atom. The maximum Gasteiger partial charge on any atom is 0.416 e. The monoisotopic (exact) mass is 650 g/mol. The Kier molecular flexibility index (Phi) is 10.7. The van der Waals surface area contributed by atoms with E-state index in [2.05, 4.69) is 16.2 Å². The molecule has 5 rings (SSSR count). The summed E-state index contributed by atoms with van der Waals surface area (Å²) in [5, 5.41) is 12.5.